The fraction of sp³-hybridized carbons (Fsp3) is 0.667. The summed E-state index contributed by atoms with van der Waals surface area (Å²) in [5.41, 5.74) is 1.77. The molecule has 1 rings (SSSR count). The zero-order chi connectivity index (χ0) is 9.03. The van der Waals surface area contributed by atoms with E-state index in [1.807, 2.05) is 0 Å². The summed E-state index contributed by atoms with van der Waals surface area (Å²) in [5.74, 6) is 2.72. The minimum atomic E-state index is 0.352. The van der Waals surface area contributed by atoms with E-state index in [0.717, 1.165) is 12.8 Å². The van der Waals surface area contributed by atoms with Gasteiger partial charge < -0.3 is 0 Å². The first kappa shape index (κ1) is 9.39. The van der Waals surface area contributed by atoms with Crippen LogP contribution < -0.4 is 0 Å². The Bertz CT molecular complexity index is 207. The van der Waals surface area contributed by atoms with Crippen molar-refractivity contribution in [1.82, 2.24) is 0 Å². The molecule has 0 aliphatic heterocycles. The number of allylic oxidation sites excluding steroid dienone is 1. The molecule has 66 valence electrons. The van der Waals surface area contributed by atoms with Crippen molar-refractivity contribution >= 4 is 0 Å². The first-order valence-electron chi connectivity index (χ1n) is 4.81. The predicted molar refractivity (Wildman–Crippen MR) is 53.8 cm³/mol. The molecule has 0 N–H and O–H groups in total. The normalized spacial score (nSPS) is 29.8. The van der Waals surface area contributed by atoms with Gasteiger partial charge in [-0.3, -0.25) is 0 Å². The van der Waals surface area contributed by atoms with E-state index in [1.165, 1.54) is 31.3 Å². The Labute approximate surface area is 76.1 Å². The Balaban J connectivity index is 2.55. The monoisotopic (exact) mass is 162 g/mol. The number of rotatable bonds is 2. The minimum absolute atomic E-state index is 0.352. The summed E-state index contributed by atoms with van der Waals surface area (Å²) in [6, 6.07) is 0. The Kier molecular flexibility index (Phi) is 2.98. The van der Waals surface area contributed by atoms with Gasteiger partial charge in [-0.05, 0) is 31.1 Å². The van der Waals surface area contributed by atoms with E-state index in [-0.39, 0.29) is 0 Å². The number of hydrogen-bond acceptors (Lipinski definition) is 0. The number of hydrogen-bond donors (Lipinski definition) is 0. The van der Waals surface area contributed by atoms with E-state index in [1.54, 1.807) is 0 Å². The molecule has 1 atom stereocenters. The molecule has 0 aromatic heterocycles. The van der Waals surface area contributed by atoms with Crippen LogP contribution in [0.5, 0.6) is 0 Å². The highest BCUT2D eigenvalue weighted by molar-refractivity contribution is 5.12. The van der Waals surface area contributed by atoms with Gasteiger partial charge >= 0.3 is 0 Å². The van der Waals surface area contributed by atoms with Crippen molar-refractivity contribution in [3.05, 3.63) is 12.2 Å². The molecule has 1 aliphatic rings. The van der Waals surface area contributed by atoms with Crippen molar-refractivity contribution in [2.45, 2.75) is 45.4 Å². The molecule has 12 heavy (non-hydrogen) atoms. The molecule has 0 aromatic rings. The van der Waals surface area contributed by atoms with Crippen LogP contribution in [0.2, 0.25) is 0 Å². The van der Waals surface area contributed by atoms with Gasteiger partial charge in [0, 0.05) is 6.42 Å². The van der Waals surface area contributed by atoms with Gasteiger partial charge in [0.15, 0.2) is 0 Å². The maximum atomic E-state index is 5.27. The lowest BCUT2D eigenvalue weighted by atomic mass is 9.70. The van der Waals surface area contributed by atoms with E-state index in [2.05, 4.69) is 19.4 Å². The van der Waals surface area contributed by atoms with Crippen LogP contribution in [0.3, 0.4) is 0 Å². The van der Waals surface area contributed by atoms with Gasteiger partial charge in [0.1, 0.15) is 0 Å². The van der Waals surface area contributed by atoms with E-state index in [9.17, 15) is 0 Å². The largest absolute Gasteiger partial charge is 0.120 e. The average molecular weight is 162 g/mol. The quantitative estimate of drug-likeness (QED) is 0.430. The lowest BCUT2D eigenvalue weighted by Crippen LogP contribution is -2.22. The fourth-order valence-electron chi connectivity index (χ4n) is 1.98. The maximum absolute atomic E-state index is 5.27. The summed E-state index contributed by atoms with van der Waals surface area (Å²) in [6.45, 7) is 6.46. The van der Waals surface area contributed by atoms with E-state index < -0.39 is 0 Å². The first-order valence-corrected chi connectivity index (χ1v) is 4.81. The van der Waals surface area contributed by atoms with Crippen LogP contribution >= 0.6 is 0 Å². The van der Waals surface area contributed by atoms with Gasteiger partial charge in [0.05, 0.1) is 0 Å². The van der Waals surface area contributed by atoms with Crippen LogP contribution in [-0.2, 0) is 0 Å². The van der Waals surface area contributed by atoms with Gasteiger partial charge in [-0.15, -0.1) is 12.3 Å². The molecule has 0 heteroatoms. The van der Waals surface area contributed by atoms with Crippen LogP contribution in [-0.4, -0.2) is 0 Å². The summed E-state index contributed by atoms with van der Waals surface area (Å²) in [5, 5.41) is 0. The Morgan fingerprint density at radius 3 is 2.92 bits per heavy atom. The lowest BCUT2D eigenvalue weighted by Gasteiger charge is -2.35. The third-order valence-corrected chi connectivity index (χ3v) is 3.13. The molecule has 0 spiro atoms. The molecule has 0 saturated heterocycles. The summed E-state index contributed by atoms with van der Waals surface area (Å²) in [6.07, 6.45) is 12.5. The molecule has 0 amide bonds. The molecule has 1 aliphatic carbocycles. The van der Waals surface area contributed by atoms with E-state index in [0.29, 0.717) is 5.41 Å². The topological polar surface area (TPSA) is 0 Å². The third kappa shape index (κ3) is 1.91. The lowest BCUT2D eigenvalue weighted by molar-refractivity contribution is 0.286. The molecule has 1 fully saturated rings. The summed E-state index contributed by atoms with van der Waals surface area (Å²) in [4.78, 5) is 0. The summed E-state index contributed by atoms with van der Waals surface area (Å²) < 4.78 is 0. The molecule has 0 unspecified atom stereocenters. The van der Waals surface area contributed by atoms with Gasteiger partial charge in [-0.2, -0.15) is 0 Å². The van der Waals surface area contributed by atoms with Gasteiger partial charge in [-0.25, -0.2) is 0 Å². The Morgan fingerprint density at radius 2 is 2.33 bits per heavy atom. The zero-order valence-corrected chi connectivity index (χ0v) is 8.03. The highest BCUT2D eigenvalue weighted by Gasteiger charge is 2.29. The standard InChI is InChI=1S/C12H18/c1-4-5-9-12(3)10-7-6-8-11(12)2/h1H,2,5-10H2,3H3/t12-/m1/s1. The molecular weight excluding hydrogens is 144 g/mol. The van der Waals surface area contributed by atoms with Gasteiger partial charge in [0.2, 0.25) is 0 Å². The highest BCUT2D eigenvalue weighted by Crippen LogP contribution is 2.42. The van der Waals surface area contributed by atoms with Crippen LogP contribution in [0.25, 0.3) is 0 Å². The molecule has 1 saturated carbocycles. The molecule has 0 nitrogen and oxygen atoms in total. The van der Waals surface area contributed by atoms with E-state index in [4.69, 9.17) is 6.42 Å². The van der Waals surface area contributed by atoms with Crippen LogP contribution in [0.4, 0.5) is 0 Å². The van der Waals surface area contributed by atoms with Crippen LogP contribution in [0.15, 0.2) is 12.2 Å². The molecular formula is C12H18. The first-order chi connectivity index (χ1) is 5.69. The van der Waals surface area contributed by atoms with Crippen molar-refractivity contribution in [2.75, 3.05) is 0 Å². The van der Waals surface area contributed by atoms with Crippen molar-refractivity contribution in [2.24, 2.45) is 5.41 Å². The molecule has 0 aromatic carbocycles. The minimum Gasteiger partial charge on any atom is -0.120 e. The van der Waals surface area contributed by atoms with Crippen molar-refractivity contribution in [3.8, 4) is 12.3 Å². The summed E-state index contributed by atoms with van der Waals surface area (Å²) in [7, 11) is 0. The van der Waals surface area contributed by atoms with Crippen molar-refractivity contribution < 1.29 is 0 Å². The SMILES string of the molecule is C#CCC[C@]1(C)CCCCC1=C. The average Bonchev–Trinajstić information content (AvgIpc) is 2.07. The van der Waals surface area contributed by atoms with Gasteiger partial charge in [0.25, 0.3) is 0 Å². The van der Waals surface area contributed by atoms with Crippen LogP contribution in [0, 0.1) is 17.8 Å². The molecule has 0 bridgehead atoms. The second kappa shape index (κ2) is 3.81. The van der Waals surface area contributed by atoms with Crippen molar-refractivity contribution in [1.29, 1.82) is 0 Å². The highest BCUT2D eigenvalue weighted by atomic mass is 14.3. The molecule has 0 heterocycles. The second-order valence-corrected chi connectivity index (χ2v) is 4.08. The maximum Gasteiger partial charge on any atom is 0.00943 e. The predicted octanol–water partition coefficient (Wildman–Crippen LogP) is 3.54. The molecule has 0 radical (unpaired) electrons. The van der Waals surface area contributed by atoms with Crippen molar-refractivity contribution in [3.63, 3.8) is 0 Å². The van der Waals surface area contributed by atoms with E-state index >= 15 is 0 Å². The zero-order valence-electron chi connectivity index (χ0n) is 8.03. The van der Waals surface area contributed by atoms with Gasteiger partial charge in [-0.1, -0.05) is 25.5 Å². The number of terminal acetylenes is 1. The smallest absolute Gasteiger partial charge is 0.00943 e. The van der Waals surface area contributed by atoms with Crippen LogP contribution in [0.1, 0.15) is 45.4 Å². The fourth-order valence-corrected chi connectivity index (χ4v) is 1.98. The summed E-state index contributed by atoms with van der Waals surface area (Å²) >= 11 is 0. The second-order valence-electron chi connectivity index (χ2n) is 4.08. The Hall–Kier alpha value is -0.700. The Morgan fingerprint density at radius 1 is 1.58 bits per heavy atom. The third-order valence-electron chi connectivity index (χ3n) is 3.13.